The van der Waals surface area contributed by atoms with Crippen molar-refractivity contribution in [2.75, 3.05) is 7.11 Å². The van der Waals surface area contributed by atoms with Gasteiger partial charge in [-0.2, -0.15) is 10.1 Å². The molecule has 208 valence electrons. The summed E-state index contributed by atoms with van der Waals surface area (Å²) in [4.78, 5) is 51.9. The van der Waals surface area contributed by atoms with Crippen molar-refractivity contribution >= 4 is 34.8 Å². The number of nitrogens with one attached hydrogen (secondary N) is 2. The lowest BCUT2D eigenvalue weighted by molar-refractivity contribution is -0.120. The van der Waals surface area contributed by atoms with Crippen LogP contribution in [0.3, 0.4) is 0 Å². The number of rotatable bonds is 5. The molecule has 0 aliphatic carbocycles. The first kappa shape index (κ1) is 26.4. The third-order valence-electron chi connectivity index (χ3n) is 6.73. The fourth-order valence-electron chi connectivity index (χ4n) is 4.57. The molecule has 5 aromatic rings. The van der Waals surface area contributed by atoms with Crippen LogP contribution in [-0.4, -0.2) is 49.5 Å². The minimum atomic E-state index is -0.774. The molecule has 3 aromatic carbocycles. The number of amides is 2. The van der Waals surface area contributed by atoms with Crippen LogP contribution in [0.1, 0.15) is 33.0 Å². The first-order valence-corrected chi connectivity index (χ1v) is 13.0. The molecule has 0 fully saturated rings. The molecule has 1 aliphatic heterocycles. The van der Waals surface area contributed by atoms with E-state index in [4.69, 9.17) is 4.74 Å². The quantitative estimate of drug-likeness (QED) is 0.315. The van der Waals surface area contributed by atoms with Crippen molar-refractivity contribution in [2.24, 2.45) is 4.99 Å². The summed E-state index contributed by atoms with van der Waals surface area (Å²) in [7, 11) is 1.57. The van der Waals surface area contributed by atoms with Crippen molar-refractivity contribution < 1.29 is 14.3 Å². The maximum atomic E-state index is 13.9. The highest BCUT2D eigenvalue weighted by Crippen LogP contribution is 2.21. The number of aliphatic imine (C=N–C) groups is 1. The highest BCUT2D eigenvalue weighted by molar-refractivity contribution is 6.17. The summed E-state index contributed by atoms with van der Waals surface area (Å²) in [5.74, 6) is -0.831. The van der Waals surface area contributed by atoms with Crippen molar-refractivity contribution in [3.8, 4) is 11.4 Å². The maximum Gasteiger partial charge on any atom is 0.314 e. The van der Waals surface area contributed by atoms with Gasteiger partial charge in [0.15, 0.2) is 11.5 Å². The minimum absolute atomic E-state index is 0.0921. The number of benzene rings is 3. The summed E-state index contributed by atoms with van der Waals surface area (Å²) in [6, 6.07) is 23.6. The molecule has 0 bridgehead atoms. The second kappa shape index (κ2) is 10.6. The summed E-state index contributed by atoms with van der Waals surface area (Å²) in [6.07, 6.45) is 1.61. The van der Waals surface area contributed by atoms with Crippen LogP contribution in [0.2, 0.25) is 0 Å². The number of ether oxygens (including phenoxy) is 1. The zero-order valence-corrected chi connectivity index (χ0v) is 23.0. The zero-order valence-electron chi connectivity index (χ0n) is 23.0. The Morgan fingerprint density at radius 3 is 2.33 bits per heavy atom. The number of aromatic nitrogens is 4. The predicted octanol–water partition coefficient (Wildman–Crippen LogP) is 3.71. The van der Waals surface area contributed by atoms with E-state index in [0.717, 1.165) is 10.6 Å². The van der Waals surface area contributed by atoms with E-state index in [9.17, 15) is 14.4 Å². The lowest BCUT2D eigenvalue weighted by atomic mass is 10.1. The lowest BCUT2D eigenvalue weighted by Gasteiger charge is -2.28. The largest absolute Gasteiger partial charge is 0.497 e. The Hall–Kier alpha value is -5.84. The molecule has 0 radical (unpaired) electrons. The van der Waals surface area contributed by atoms with Crippen LogP contribution in [0.15, 0.2) is 94.3 Å². The summed E-state index contributed by atoms with van der Waals surface area (Å²) in [5.41, 5.74) is 5.83. The molecule has 2 N–H and O–H groups in total. The standard InChI is InChI=1S/C31H25N7O4/c1-18-9-13-21(14-10-18)27-32-24(17-20-11-15-23(42-3)16-12-20)29(39)36-38(27)31(41)26-33-28-25(30(40)34-26)19(2)35-37(28)22-7-5-4-6-8-22/h4-17H,1-3H3,(H,36,39)(H,33,34,40)/b24-17-. The monoisotopic (exact) mass is 559 g/mol. The fraction of sp³-hybridized carbons (Fsp3) is 0.0968. The number of carbonyl (C=O) groups excluding carboxylic acids is 2. The zero-order chi connectivity index (χ0) is 29.4. The molecule has 0 spiro atoms. The van der Waals surface area contributed by atoms with Crippen molar-refractivity contribution in [2.45, 2.75) is 13.8 Å². The van der Waals surface area contributed by atoms with E-state index in [1.165, 1.54) is 4.68 Å². The predicted molar refractivity (Wildman–Crippen MR) is 157 cm³/mol. The minimum Gasteiger partial charge on any atom is -0.497 e. The van der Waals surface area contributed by atoms with Gasteiger partial charge in [0.05, 0.1) is 18.5 Å². The number of hydrogen-bond acceptors (Lipinski definition) is 7. The third-order valence-corrected chi connectivity index (χ3v) is 6.73. The molecule has 0 unspecified atom stereocenters. The molecule has 2 aromatic heterocycles. The first-order valence-electron chi connectivity index (χ1n) is 13.0. The molecule has 6 rings (SSSR count). The Morgan fingerprint density at radius 1 is 0.929 bits per heavy atom. The second-order valence-electron chi connectivity index (χ2n) is 9.63. The van der Waals surface area contributed by atoms with E-state index in [-0.39, 0.29) is 28.4 Å². The van der Waals surface area contributed by atoms with E-state index in [1.54, 1.807) is 56.5 Å². The van der Waals surface area contributed by atoms with E-state index in [0.29, 0.717) is 28.3 Å². The number of para-hydroxylation sites is 1. The number of nitrogens with zero attached hydrogens (tertiary/aromatic N) is 5. The van der Waals surface area contributed by atoms with Gasteiger partial charge < -0.3 is 9.72 Å². The number of aryl methyl sites for hydroxylation is 2. The average molecular weight is 560 g/mol. The number of amidine groups is 1. The Morgan fingerprint density at radius 2 is 1.64 bits per heavy atom. The molecule has 11 heteroatoms. The van der Waals surface area contributed by atoms with Crippen LogP contribution in [0.25, 0.3) is 22.8 Å². The van der Waals surface area contributed by atoms with Gasteiger partial charge in [-0.1, -0.05) is 60.2 Å². The average Bonchev–Trinajstić information content (AvgIpc) is 3.35. The van der Waals surface area contributed by atoms with Crippen molar-refractivity contribution in [1.82, 2.24) is 30.2 Å². The van der Waals surface area contributed by atoms with Crippen LogP contribution in [0.5, 0.6) is 5.75 Å². The van der Waals surface area contributed by atoms with Crippen molar-refractivity contribution in [1.29, 1.82) is 0 Å². The van der Waals surface area contributed by atoms with Crippen LogP contribution in [-0.2, 0) is 4.79 Å². The van der Waals surface area contributed by atoms with Crippen LogP contribution in [0.4, 0.5) is 0 Å². The second-order valence-corrected chi connectivity index (χ2v) is 9.63. The number of hydrazine groups is 1. The van der Waals surface area contributed by atoms with Gasteiger partial charge in [0.25, 0.3) is 11.5 Å². The van der Waals surface area contributed by atoms with E-state index in [2.05, 4.69) is 25.5 Å². The highest BCUT2D eigenvalue weighted by Gasteiger charge is 2.32. The van der Waals surface area contributed by atoms with Crippen molar-refractivity contribution in [3.05, 3.63) is 123 Å². The normalized spacial score (nSPS) is 14.2. The van der Waals surface area contributed by atoms with Gasteiger partial charge in [-0.05, 0) is 49.8 Å². The Bertz CT molecular complexity index is 1960. The van der Waals surface area contributed by atoms with Gasteiger partial charge >= 0.3 is 5.91 Å². The Balaban J connectivity index is 1.46. The lowest BCUT2D eigenvalue weighted by Crippen LogP contribution is -2.54. The Labute approximate surface area is 239 Å². The highest BCUT2D eigenvalue weighted by atomic mass is 16.5. The van der Waals surface area contributed by atoms with E-state index < -0.39 is 17.4 Å². The molecule has 0 atom stereocenters. The summed E-state index contributed by atoms with van der Waals surface area (Å²) < 4.78 is 6.72. The topological polar surface area (TPSA) is 135 Å². The van der Waals surface area contributed by atoms with Gasteiger partial charge in [0.1, 0.15) is 16.8 Å². The number of hydrogen-bond donors (Lipinski definition) is 2. The summed E-state index contributed by atoms with van der Waals surface area (Å²) in [6.45, 7) is 3.64. The molecular weight excluding hydrogens is 534 g/mol. The number of H-pyrrole nitrogens is 1. The molecule has 2 amide bonds. The van der Waals surface area contributed by atoms with Crippen LogP contribution in [0, 0.1) is 13.8 Å². The maximum absolute atomic E-state index is 13.9. The molecule has 3 heterocycles. The van der Waals surface area contributed by atoms with Gasteiger partial charge in [-0.15, -0.1) is 0 Å². The van der Waals surface area contributed by atoms with E-state index >= 15 is 0 Å². The van der Waals surface area contributed by atoms with Gasteiger partial charge in [0, 0.05) is 5.56 Å². The molecule has 11 nitrogen and oxygen atoms in total. The van der Waals surface area contributed by atoms with Gasteiger partial charge in [0.2, 0.25) is 5.82 Å². The number of methoxy groups -OCH3 is 1. The number of fused-ring (bicyclic) bond motifs is 1. The van der Waals surface area contributed by atoms with Gasteiger partial charge in [-0.3, -0.25) is 19.8 Å². The number of aromatic amines is 1. The van der Waals surface area contributed by atoms with E-state index in [1.807, 2.05) is 49.4 Å². The molecule has 1 aliphatic rings. The third kappa shape index (κ3) is 4.83. The smallest absolute Gasteiger partial charge is 0.314 e. The van der Waals surface area contributed by atoms with Crippen molar-refractivity contribution in [3.63, 3.8) is 0 Å². The molecular formula is C31H25N7O4. The molecule has 0 saturated carbocycles. The summed E-state index contributed by atoms with van der Waals surface area (Å²) in [5, 5.41) is 5.74. The number of carbonyl (C=O) groups is 2. The summed E-state index contributed by atoms with van der Waals surface area (Å²) >= 11 is 0. The van der Waals surface area contributed by atoms with Crippen LogP contribution >= 0.6 is 0 Å². The first-order chi connectivity index (χ1) is 20.3. The SMILES string of the molecule is COc1ccc(/C=C2\N=C(c3ccc(C)cc3)N(C(=O)c3nc4c(c(C)nn4-c4ccccc4)c(=O)[nH]3)NC2=O)cc1. The Kier molecular flexibility index (Phi) is 6.67. The van der Waals surface area contributed by atoms with Crippen LogP contribution < -0.4 is 15.7 Å². The fourth-order valence-corrected chi connectivity index (χ4v) is 4.57. The molecule has 42 heavy (non-hydrogen) atoms. The van der Waals surface area contributed by atoms with Gasteiger partial charge in [-0.25, -0.2) is 14.7 Å². The molecule has 0 saturated heterocycles.